The summed E-state index contributed by atoms with van der Waals surface area (Å²) >= 11 is 1.74. The number of benzene rings is 1. The van der Waals surface area contributed by atoms with Crippen LogP contribution in [-0.2, 0) is 0 Å². The van der Waals surface area contributed by atoms with Crippen LogP contribution in [0.15, 0.2) is 47.6 Å². The van der Waals surface area contributed by atoms with Crippen LogP contribution in [0.1, 0.15) is 0 Å². The zero-order valence-corrected chi connectivity index (χ0v) is 11.7. The van der Waals surface area contributed by atoms with E-state index in [1.807, 2.05) is 12.3 Å². The lowest BCUT2D eigenvalue weighted by molar-refractivity contribution is 1.31. The molecule has 98 valence electrons. The Morgan fingerprint density at radius 2 is 1.95 bits per heavy atom. The summed E-state index contributed by atoms with van der Waals surface area (Å²) in [5.41, 5.74) is 3.88. The summed E-state index contributed by atoms with van der Waals surface area (Å²) in [7, 11) is 0. The number of fused-ring (bicyclic) bond motifs is 3. The third-order valence-electron chi connectivity index (χ3n) is 3.41. The number of aromatic amines is 2. The summed E-state index contributed by atoms with van der Waals surface area (Å²) in [6, 6.07) is 10.4. The Balaban J connectivity index is 1.90. The van der Waals surface area contributed by atoms with Crippen molar-refractivity contribution in [1.29, 1.82) is 0 Å². The van der Waals surface area contributed by atoms with Crippen LogP contribution in [0.25, 0.3) is 33.5 Å². The van der Waals surface area contributed by atoms with Crippen molar-refractivity contribution < 1.29 is 0 Å². The highest BCUT2D eigenvalue weighted by atomic mass is 32.2. The fourth-order valence-electron chi connectivity index (χ4n) is 2.37. The molecule has 0 spiro atoms. The monoisotopic (exact) mass is 280 g/mol. The van der Waals surface area contributed by atoms with E-state index in [0.717, 1.165) is 33.5 Å². The standard InChI is InChI=1S/C15H12N4S/c1-20-10-4-2-9(3-5-10)14-18-12-8-17-15-11(6-7-16-15)13(12)19-14/h2-8H,1H3,(H,16,17)(H,18,19). The third kappa shape index (κ3) is 1.71. The molecule has 0 bridgehead atoms. The van der Waals surface area contributed by atoms with E-state index in [1.54, 1.807) is 18.0 Å². The maximum absolute atomic E-state index is 4.63. The Hall–Kier alpha value is -2.27. The van der Waals surface area contributed by atoms with E-state index in [9.17, 15) is 0 Å². The van der Waals surface area contributed by atoms with Crippen molar-refractivity contribution in [2.75, 3.05) is 6.26 Å². The number of rotatable bonds is 2. The van der Waals surface area contributed by atoms with Gasteiger partial charge in [-0.1, -0.05) is 12.1 Å². The number of imidazole rings is 1. The second-order valence-electron chi connectivity index (χ2n) is 4.57. The van der Waals surface area contributed by atoms with Crippen molar-refractivity contribution in [2.45, 2.75) is 4.90 Å². The molecule has 0 aliphatic heterocycles. The van der Waals surface area contributed by atoms with Crippen LogP contribution in [0.5, 0.6) is 0 Å². The fraction of sp³-hybridized carbons (Fsp3) is 0.0667. The Morgan fingerprint density at radius 3 is 2.75 bits per heavy atom. The van der Waals surface area contributed by atoms with Crippen LogP contribution in [0, 0.1) is 0 Å². The summed E-state index contributed by atoms with van der Waals surface area (Å²) in [4.78, 5) is 16.8. The molecule has 20 heavy (non-hydrogen) atoms. The Bertz CT molecular complexity index is 889. The predicted molar refractivity (Wildman–Crippen MR) is 83.0 cm³/mol. The van der Waals surface area contributed by atoms with Crippen LogP contribution in [0.4, 0.5) is 0 Å². The van der Waals surface area contributed by atoms with E-state index >= 15 is 0 Å². The van der Waals surface area contributed by atoms with Gasteiger partial charge < -0.3 is 9.97 Å². The van der Waals surface area contributed by atoms with Crippen molar-refractivity contribution in [3.05, 3.63) is 42.7 Å². The van der Waals surface area contributed by atoms with Gasteiger partial charge in [-0.15, -0.1) is 11.8 Å². The van der Waals surface area contributed by atoms with E-state index in [2.05, 4.69) is 50.5 Å². The van der Waals surface area contributed by atoms with Gasteiger partial charge in [-0.25, -0.2) is 9.97 Å². The summed E-state index contributed by atoms with van der Waals surface area (Å²) in [5, 5.41) is 1.07. The van der Waals surface area contributed by atoms with Gasteiger partial charge in [0, 0.05) is 22.0 Å². The second kappa shape index (κ2) is 4.38. The van der Waals surface area contributed by atoms with Crippen LogP contribution in [0.2, 0.25) is 0 Å². The van der Waals surface area contributed by atoms with Crippen molar-refractivity contribution in [1.82, 2.24) is 19.9 Å². The molecule has 0 saturated heterocycles. The second-order valence-corrected chi connectivity index (χ2v) is 5.45. The average Bonchev–Trinajstić information content (AvgIpc) is 3.12. The molecule has 1 aromatic carbocycles. The van der Waals surface area contributed by atoms with Crippen molar-refractivity contribution in [3.63, 3.8) is 0 Å². The highest BCUT2D eigenvalue weighted by Crippen LogP contribution is 2.26. The molecule has 0 radical (unpaired) electrons. The van der Waals surface area contributed by atoms with E-state index in [-0.39, 0.29) is 0 Å². The molecule has 0 unspecified atom stereocenters. The average molecular weight is 280 g/mol. The van der Waals surface area contributed by atoms with E-state index in [4.69, 9.17) is 0 Å². The van der Waals surface area contributed by atoms with E-state index < -0.39 is 0 Å². The molecule has 2 N–H and O–H groups in total. The molecule has 0 atom stereocenters. The molecule has 4 rings (SSSR count). The fourth-order valence-corrected chi connectivity index (χ4v) is 2.77. The zero-order valence-electron chi connectivity index (χ0n) is 10.8. The number of H-pyrrole nitrogens is 2. The van der Waals surface area contributed by atoms with Gasteiger partial charge in [0.2, 0.25) is 0 Å². The van der Waals surface area contributed by atoms with Gasteiger partial charge >= 0.3 is 0 Å². The first kappa shape index (κ1) is 11.5. The first-order valence-corrected chi connectivity index (χ1v) is 7.54. The van der Waals surface area contributed by atoms with E-state index in [1.165, 1.54) is 4.90 Å². The van der Waals surface area contributed by atoms with Gasteiger partial charge in [-0.2, -0.15) is 0 Å². The Kier molecular flexibility index (Phi) is 2.53. The smallest absolute Gasteiger partial charge is 0.139 e. The van der Waals surface area contributed by atoms with Crippen LogP contribution < -0.4 is 0 Å². The lowest BCUT2D eigenvalue weighted by atomic mass is 10.2. The minimum Gasteiger partial charge on any atom is -0.346 e. The first-order valence-electron chi connectivity index (χ1n) is 6.31. The van der Waals surface area contributed by atoms with Crippen molar-refractivity contribution in [3.8, 4) is 11.4 Å². The lowest BCUT2D eigenvalue weighted by Crippen LogP contribution is -1.79. The molecule has 0 aliphatic carbocycles. The number of hydrogen-bond donors (Lipinski definition) is 2. The first-order chi connectivity index (χ1) is 9.85. The van der Waals surface area contributed by atoms with E-state index in [0.29, 0.717) is 0 Å². The topological polar surface area (TPSA) is 57.4 Å². The Morgan fingerprint density at radius 1 is 1.10 bits per heavy atom. The minimum atomic E-state index is 0.878. The highest BCUT2D eigenvalue weighted by molar-refractivity contribution is 7.98. The summed E-state index contributed by atoms with van der Waals surface area (Å²) in [5.74, 6) is 0.878. The van der Waals surface area contributed by atoms with Gasteiger partial charge in [0.25, 0.3) is 0 Å². The number of pyridine rings is 1. The molecule has 0 saturated carbocycles. The lowest BCUT2D eigenvalue weighted by Gasteiger charge is -1.98. The summed E-state index contributed by atoms with van der Waals surface area (Å²) in [6.07, 6.45) is 5.76. The maximum atomic E-state index is 4.63. The largest absolute Gasteiger partial charge is 0.346 e. The van der Waals surface area contributed by atoms with Crippen LogP contribution in [0.3, 0.4) is 0 Å². The van der Waals surface area contributed by atoms with Crippen molar-refractivity contribution >= 4 is 33.8 Å². The normalized spacial score (nSPS) is 11.4. The molecule has 4 nitrogen and oxygen atoms in total. The minimum absolute atomic E-state index is 0.878. The highest BCUT2D eigenvalue weighted by Gasteiger charge is 2.09. The number of hydrogen-bond acceptors (Lipinski definition) is 3. The third-order valence-corrected chi connectivity index (χ3v) is 4.15. The molecule has 5 heteroatoms. The van der Waals surface area contributed by atoms with Gasteiger partial charge in [-0.3, -0.25) is 0 Å². The number of nitrogens with one attached hydrogen (secondary N) is 2. The zero-order chi connectivity index (χ0) is 13.5. The molecule has 0 fully saturated rings. The molecule has 0 aliphatic rings. The quantitative estimate of drug-likeness (QED) is 0.549. The maximum Gasteiger partial charge on any atom is 0.139 e. The number of aromatic nitrogens is 4. The molecule has 4 aromatic rings. The summed E-state index contributed by atoms with van der Waals surface area (Å²) in [6.45, 7) is 0. The molecule has 0 amide bonds. The summed E-state index contributed by atoms with van der Waals surface area (Å²) < 4.78 is 0. The van der Waals surface area contributed by atoms with Gasteiger partial charge in [0.15, 0.2) is 0 Å². The molecule has 3 aromatic heterocycles. The number of nitrogens with zero attached hydrogens (tertiary/aromatic N) is 2. The van der Waals surface area contributed by atoms with Crippen molar-refractivity contribution in [2.24, 2.45) is 0 Å². The predicted octanol–water partition coefficient (Wildman–Crippen LogP) is 3.83. The van der Waals surface area contributed by atoms with Gasteiger partial charge in [0.1, 0.15) is 17.0 Å². The SMILES string of the molecule is CSc1ccc(-c2nc3cnc4[nH]ccc4c3[nH]2)cc1. The Labute approximate surface area is 119 Å². The molecule has 3 heterocycles. The van der Waals surface area contributed by atoms with Crippen LogP contribution >= 0.6 is 11.8 Å². The molecular weight excluding hydrogens is 268 g/mol. The van der Waals surface area contributed by atoms with Gasteiger partial charge in [0.05, 0.1) is 11.7 Å². The number of thioether (sulfide) groups is 1. The molecular formula is C15H12N4S. The van der Waals surface area contributed by atoms with Gasteiger partial charge in [-0.05, 0) is 24.5 Å². The van der Waals surface area contributed by atoms with Crippen LogP contribution in [-0.4, -0.2) is 26.2 Å².